The van der Waals surface area contributed by atoms with Crippen LogP contribution in [-0.2, 0) is 4.79 Å². The smallest absolute Gasteiger partial charge is 0.257 e. The fourth-order valence-electron chi connectivity index (χ4n) is 2.66. The highest BCUT2D eigenvalue weighted by atomic mass is 16.5. The number of nitrogens with one attached hydrogen (secondary N) is 1. The Balaban J connectivity index is 1.78. The zero-order valence-corrected chi connectivity index (χ0v) is 14.2. The number of fused-ring (bicyclic) bond motifs is 1. The highest BCUT2D eigenvalue weighted by Gasteiger charge is 2.09. The van der Waals surface area contributed by atoms with E-state index in [-0.39, 0.29) is 12.5 Å². The molecule has 0 radical (unpaired) electrons. The third-order valence-electron chi connectivity index (χ3n) is 4.22. The topological polar surface area (TPSA) is 38.3 Å². The van der Waals surface area contributed by atoms with Crippen LogP contribution in [0.3, 0.4) is 0 Å². The molecule has 0 fully saturated rings. The average Bonchev–Trinajstić information content (AvgIpc) is 2.60. The van der Waals surface area contributed by atoms with Crippen molar-refractivity contribution < 1.29 is 9.53 Å². The lowest BCUT2D eigenvalue weighted by atomic mass is 9.99. The SMILES string of the molecule is CCCC[C@@H](CC)CNC(=O)COc1ccc2ccccc2c1. The van der Waals surface area contributed by atoms with Gasteiger partial charge in [0.2, 0.25) is 0 Å². The predicted molar refractivity (Wildman–Crippen MR) is 95.8 cm³/mol. The van der Waals surface area contributed by atoms with Gasteiger partial charge in [0.15, 0.2) is 6.61 Å². The molecule has 3 heteroatoms. The van der Waals surface area contributed by atoms with Crippen LogP contribution in [0.5, 0.6) is 5.75 Å². The number of benzene rings is 2. The number of amides is 1. The van der Waals surface area contributed by atoms with Crippen molar-refractivity contribution in [1.29, 1.82) is 0 Å². The van der Waals surface area contributed by atoms with Gasteiger partial charge in [-0.1, -0.05) is 63.4 Å². The van der Waals surface area contributed by atoms with Gasteiger partial charge < -0.3 is 10.1 Å². The minimum atomic E-state index is -0.0480. The molecule has 2 aromatic rings. The first-order chi connectivity index (χ1) is 11.2. The van der Waals surface area contributed by atoms with Crippen molar-refractivity contribution in [2.75, 3.05) is 13.2 Å². The van der Waals surface area contributed by atoms with Gasteiger partial charge in [0, 0.05) is 6.54 Å². The third-order valence-corrected chi connectivity index (χ3v) is 4.22. The first-order valence-corrected chi connectivity index (χ1v) is 8.61. The van der Waals surface area contributed by atoms with Crippen molar-refractivity contribution in [3.63, 3.8) is 0 Å². The molecule has 2 rings (SSSR count). The summed E-state index contributed by atoms with van der Waals surface area (Å²) in [6.45, 7) is 5.19. The summed E-state index contributed by atoms with van der Waals surface area (Å²) in [5.41, 5.74) is 0. The maximum atomic E-state index is 11.9. The largest absolute Gasteiger partial charge is 0.484 e. The Hall–Kier alpha value is -2.03. The summed E-state index contributed by atoms with van der Waals surface area (Å²) < 4.78 is 5.61. The van der Waals surface area contributed by atoms with E-state index in [4.69, 9.17) is 4.74 Å². The van der Waals surface area contributed by atoms with E-state index in [2.05, 4.69) is 25.2 Å². The molecule has 0 aliphatic heterocycles. The molecule has 1 N–H and O–H groups in total. The van der Waals surface area contributed by atoms with E-state index in [1.807, 2.05) is 36.4 Å². The molecule has 0 spiro atoms. The van der Waals surface area contributed by atoms with Crippen LogP contribution in [0.15, 0.2) is 42.5 Å². The number of rotatable bonds is 9. The molecule has 124 valence electrons. The number of hydrogen-bond acceptors (Lipinski definition) is 2. The Bertz CT molecular complexity index is 624. The van der Waals surface area contributed by atoms with E-state index in [0.717, 1.165) is 24.1 Å². The minimum Gasteiger partial charge on any atom is -0.484 e. The summed E-state index contributed by atoms with van der Waals surface area (Å²) in [6.07, 6.45) is 4.71. The summed E-state index contributed by atoms with van der Waals surface area (Å²) in [5.74, 6) is 1.25. The van der Waals surface area contributed by atoms with Crippen LogP contribution in [0.4, 0.5) is 0 Å². The fraction of sp³-hybridized carbons (Fsp3) is 0.450. The molecule has 0 bridgehead atoms. The quantitative estimate of drug-likeness (QED) is 0.737. The number of carbonyl (C=O) groups is 1. The molecule has 23 heavy (non-hydrogen) atoms. The molecule has 0 saturated carbocycles. The van der Waals surface area contributed by atoms with Crippen LogP contribution in [0.25, 0.3) is 10.8 Å². The zero-order chi connectivity index (χ0) is 16.5. The summed E-state index contributed by atoms with van der Waals surface area (Å²) >= 11 is 0. The van der Waals surface area contributed by atoms with Crippen molar-refractivity contribution in [1.82, 2.24) is 5.32 Å². The van der Waals surface area contributed by atoms with Crippen LogP contribution in [0.1, 0.15) is 39.5 Å². The molecule has 0 aromatic heterocycles. The van der Waals surface area contributed by atoms with Crippen molar-refractivity contribution in [2.45, 2.75) is 39.5 Å². The van der Waals surface area contributed by atoms with Crippen molar-refractivity contribution >= 4 is 16.7 Å². The summed E-state index contributed by atoms with van der Waals surface area (Å²) in [6, 6.07) is 14.0. The number of hydrogen-bond donors (Lipinski definition) is 1. The molecule has 2 aromatic carbocycles. The lowest BCUT2D eigenvalue weighted by molar-refractivity contribution is -0.123. The predicted octanol–water partition coefficient (Wildman–Crippen LogP) is 4.55. The average molecular weight is 313 g/mol. The third kappa shape index (κ3) is 5.59. The number of carbonyl (C=O) groups excluding carboxylic acids is 1. The molecule has 0 aliphatic rings. The van der Waals surface area contributed by atoms with Gasteiger partial charge in [0.25, 0.3) is 5.91 Å². The molecule has 0 aliphatic carbocycles. The Morgan fingerprint density at radius 2 is 1.91 bits per heavy atom. The van der Waals surface area contributed by atoms with Crippen molar-refractivity contribution in [3.8, 4) is 5.75 Å². The monoisotopic (exact) mass is 313 g/mol. The van der Waals surface area contributed by atoms with Crippen LogP contribution in [0.2, 0.25) is 0 Å². The minimum absolute atomic E-state index is 0.0480. The van der Waals surface area contributed by atoms with Crippen LogP contribution >= 0.6 is 0 Å². The second kappa shape index (κ2) is 9.19. The van der Waals surface area contributed by atoms with Crippen LogP contribution in [0, 0.1) is 5.92 Å². The molecule has 0 heterocycles. The van der Waals surface area contributed by atoms with Crippen LogP contribution < -0.4 is 10.1 Å². The highest BCUT2D eigenvalue weighted by Crippen LogP contribution is 2.20. The molecule has 0 unspecified atom stereocenters. The first-order valence-electron chi connectivity index (χ1n) is 8.61. The maximum absolute atomic E-state index is 11.9. The van der Waals surface area contributed by atoms with Crippen molar-refractivity contribution in [2.24, 2.45) is 5.92 Å². The van der Waals surface area contributed by atoms with E-state index >= 15 is 0 Å². The van der Waals surface area contributed by atoms with Crippen molar-refractivity contribution in [3.05, 3.63) is 42.5 Å². The van der Waals surface area contributed by atoms with Gasteiger partial charge in [-0.05, 0) is 35.2 Å². The first kappa shape index (κ1) is 17.3. The lowest BCUT2D eigenvalue weighted by Crippen LogP contribution is -2.33. The Kier molecular flexibility index (Phi) is 6.92. The molecule has 1 atom stereocenters. The Morgan fingerprint density at radius 3 is 2.65 bits per heavy atom. The lowest BCUT2D eigenvalue weighted by Gasteiger charge is -2.15. The van der Waals surface area contributed by atoms with Gasteiger partial charge in [-0.15, -0.1) is 0 Å². The van der Waals surface area contributed by atoms with E-state index in [1.54, 1.807) is 0 Å². The maximum Gasteiger partial charge on any atom is 0.257 e. The van der Waals surface area contributed by atoms with Gasteiger partial charge in [-0.25, -0.2) is 0 Å². The second-order valence-electron chi connectivity index (χ2n) is 6.02. The normalized spacial score (nSPS) is 12.1. The second-order valence-corrected chi connectivity index (χ2v) is 6.02. The Labute approximate surface area is 139 Å². The van der Waals surface area contributed by atoms with E-state index in [1.165, 1.54) is 24.6 Å². The van der Waals surface area contributed by atoms with Crippen LogP contribution in [-0.4, -0.2) is 19.1 Å². The summed E-state index contributed by atoms with van der Waals surface area (Å²) in [5, 5.41) is 5.28. The molecular weight excluding hydrogens is 286 g/mol. The highest BCUT2D eigenvalue weighted by molar-refractivity contribution is 5.84. The van der Waals surface area contributed by atoms with Gasteiger partial charge in [0.1, 0.15) is 5.75 Å². The zero-order valence-electron chi connectivity index (χ0n) is 14.2. The number of ether oxygens (including phenoxy) is 1. The summed E-state index contributed by atoms with van der Waals surface area (Å²) in [7, 11) is 0. The molecule has 0 saturated heterocycles. The standard InChI is InChI=1S/C20H27NO2/c1-3-5-8-16(4-2)14-21-20(22)15-23-19-12-11-17-9-6-7-10-18(17)13-19/h6-7,9-13,16H,3-5,8,14-15H2,1-2H3,(H,21,22)/t16-/m1/s1. The van der Waals surface area contributed by atoms with Gasteiger partial charge in [-0.3, -0.25) is 4.79 Å². The molecule has 1 amide bonds. The number of unbranched alkanes of at least 4 members (excludes halogenated alkanes) is 1. The fourth-order valence-corrected chi connectivity index (χ4v) is 2.66. The van der Waals surface area contributed by atoms with Gasteiger partial charge in [0.05, 0.1) is 0 Å². The molecular formula is C20H27NO2. The Morgan fingerprint density at radius 1 is 1.13 bits per heavy atom. The van der Waals surface area contributed by atoms with E-state index in [0.29, 0.717) is 5.92 Å². The van der Waals surface area contributed by atoms with Gasteiger partial charge >= 0.3 is 0 Å². The van der Waals surface area contributed by atoms with Gasteiger partial charge in [-0.2, -0.15) is 0 Å². The van der Waals surface area contributed by atoms with E-state index < -0.39 is 0 Å². The summed E-state index contributed by atoms with van der Waals surface area (Å²) in [4.78, 5) is 11.9. The molecule has 3 nitrogen and oxygen atoms in total. The van der Waals surface area contributed by atoms with E-state index in [9.17, 15) is 4.79 Å².